The Labute approximate surface area is 116 Å². The van der Waals surface area contributed by atoms with E-state index in [1.807, 2.05) is 13.1 Å². The van der Waals surface area contributed by atoms with E-state index in [4.69, 9.17) is 4.74 Å². The maximum absolute atomic E-state index is 5.87. The summed E-state index contributed by atoms with van der Waals surface area (Å²) >= 11 is 0. The first-order chi connectivity index (χ1) is 9.19. The lowest BCUT2D eigenvalue weighted by Crippen LogP contribution is -2.31. The van der Waals surface area contributed by atoms with Gasteiger partial charge in [0.15, 0.2) is 0 Å². The van der Waals surface area contributed by atoms with Gasteiger partial charge >= 0.3 is 0 Å². The number of hydrogen-bond acceptors (Lipinski definition) is 3. The van der Waals surface area contributed by atoms with Crippen molar-refractivity contribution in [2.45, 2.75) is 32.9 Å². The number of ether oxygens (including phenoxy) is 1. The zero-order chi connectivity index (χ0) is 13.7. The number of likely N-dealkylation sites (tertiary alicyclic amines) is 1. The Kier molecular flexibility index (Phi) is 5.23. The number of nitrogens with one attached hydrogen (secondary N) is 1. The molecule has 1 fully saturated rings. The molecule has 1 N–H and O–H groups in total. The van der Waals surface area contributed by atoms with Gasteiger partial charge in [-0.25, -0.2) is 0 Å². The topological polar surface area (TPSA) is 24.5 Å². The van der Waals surface area contributed by atoms with Crippen LogP contribution in [-0.4, -0.2) is 37.7 Å². The van der Waals surface area contributed by atoms with Crippen molar-refractivity contribution in [2.24, 2.45) is 5.92 Å². The van der Waals surface area contributed by atoms with Crippen molar-refractivity contribution < 1.29 is 4.74 Å². The van der Waals surface area contributed by atoms with Crippen LogP contribution in [0.1, 0.15) is 25.8 Å². The fourth-order valence-corrected chi connectivity index (χ4v) is 2.93. The molecule has 0 radical (unpaired) electrons. The molecule has 3 heteroatoms. The predicted molar refractivity (Wildman–Crippen MR) is 79.5 cm³/mol. The first kappa shape index (κ1) is 14.4. The van der Waals surface area contributed by atoms with E-state index in [0.717, 1.165) is 31.4 Å². The Bertz CT molecular complexity index is 394. The standard InChI is InChI=1S/C16H26N2O/c1-13-9-14(2)18(12-13)7-8-19-16-6-4-5-15(10-16)11-17-3/h4-6,10,13-14,17H,7-9,11-12H2,1-3H3. The first-order valence-electron chi connectivity index (χ1n) is 7.29. The Morgan fingerprint density at radius 1 is 1.37 bits per heavy atom. The second kappa shape index (κ2) is 6.92. The van der Waals surface area contributed by atoms with Crippen LogP contribution in [0, 0.1) is 5.92 Å². The van der Waals surface area contributed by atoms with Crippen LogP contribution in [0.4, 0.5) is 0 Å². The van der Waals surface area contributed by atoms with Gasteiger partial charge in [0.1, 0.15) is 12.4 Å². The summed E-state index contributed by atoms with van der Waals surface area (Å²) in [4.78, 5) is 2.53. The molecule has 0 bridgehead atoms. The van der Waals surface area contributed by atoms with E-state index in [0.29, 0.717) is 6.04 Å². The van der Waals surface area contributed by atoms with Crippen molar-refractivity contribution in [2.75, 3.05) is 26.7 Å². The van der Waals surface area contributed by atoms with Crippen LogP contribution >= 0.6 is 0 Å². The van der Waals surface area contributed by atoms with Crippen LogP contribution in [0.15, 0.2) is 24.3 Å². The summed E-state index contributed by atoms with van der Waals surface area (Å²) in [6.45, 7) is 8.56. The van der Waals surface area contributed by atoms with E-state index >= 15 is 0 Å². The minimum absolute atomic E-state index is 0.703. The van der Waals surface area contributed by atoms with Gasteiger partial charge in [0.05, 0.1) is 0 Å². The molecule has 0 saturated carbocycles. The second-order valence-corrected chi connectivity index (χ2v) is 5.71. The van der Waals surface area contributed by atoms with E-state index in [2.05, 4.69) is 42.3 Å². The van der Waals surface area contributed by atoms with Gasteiger partial charge in [-0.3, -0.25) is 4.90 Å². The second-order valence-electron chi connectivity index (χ2n) is 5.71. The monoisotopic (exact) mass is 262 g/mol. The minimum atomic E-state index is 0.703. The van der Waals surface area contributed by atoms with Gasteiger partial charge in [-0.2, -0.15) is 0 Å². The van der Waals surface area contributed by atoms with Crippen molar-refractivity contribution in [3.8, 4) is 5.75 Å². The highest BCUT2D eigenvalue weighted by molar-refractivity contribution is 5.28. The predicted octanol–water partition coefficient (Wildman–Crippen LogP) is 2.52. The third-order valence-electron chi connectivity index (χ3n) is 3.84. The third-order valence-corrected chi connectivity index (χ3v) is 3.84. The molecule has 1 saturated heterocycles. The lowest BCUT2D eigenvalue weighted by Gasteiger charge is -2.21. The molecule has 2 atom stereocenters. The zero-order valence-electron chi connectivity index (χ0n) is 12.4. The highest BCUT2D eigenvalue weighted by Crippen LogP contribution is 2.21. The van der Waals surface area contributed by atoms with Crippen molar-refractivity contribution >= 4 is 0 Å². The molecule has 0 spiro atoms. The molecule has 0 aromatic heterocycles. The van der Waals surface area contributed by atoms with Gasteiger partial charge in [-0.05, 0) is 44.0 Å². The average molecular weight is 262 g/mol. The third kappa shape index (κ3) is 4.22. The van der Waals surface area contributed by atoms with Gasteiger partial charge in [-0.1, -0.05) is 19.1 Å². The van der Waals surface area contributed by atoms with Gasteiger partial charge in [0, 0.05) is 25.7 Å². The molecule has 1 aliphatic heterocycles. The molecule has 1 aliphatic rings. The highest BCUT2D eigenvalue weighted by Gasteiger charge is 2.25. The van der Waals surface area contributed by atoms with Gasteiger partial charge in [-0.15, -0.1) is 0 Å². The first-order valence-corrected chi connectivity index (χ1v) is 7.29. The van der Waals surface area contributed by atoms with E-state index in [1.54, 1.807) is 0 Å². The summed E-state index contributed by atoms with van der Waals surface area (Å²) < 4.78 is 5.87. The fourth-order valence-electron chi connectivity index (χ4n) is 2.93. The van der Waals surface area contributed by atoms with Crippen LogP contribution in [-0.2, 0) is 6.54 Å². The molecular weight excluding hydrogens is 236 g/mol. The number of benzene rings is 1. The Morgan fingerprint density at radius 2 is 2.21 bits per heavy atom. The van der Waals surface area contributed by atoms with Crippen LogP contribution < -0.4 is 10.1 Å². The summed E-state index contributed by atoms with van der Waals surface area (Å²) in [7, 11) is 1.96. The van der Waals surface area contributed by atoms with Crippen LogP contribution in [0.5, 0.6) is 5.75 Å². The SMILES string of the molecule is CNCc1cccc(OCCN2CC(C)CC2C)c1. The zero-order valence-corrected chi connectivity index (χ0v) is 12.4. The van der Waals surface area contributed by atoms with E-state index in [9.17, 15) is 0 Å². The molecule has 0 aliphatic carbocycles. The maximum atomic E-state index is 5.87. The van der Waals surface area contributed by atoms with E-state index < -0.39 is 0 Å². The van der Waals surface area contributed by atoms with Gasteiger partial charge < -0.3 is 10.1 Å². The minimum Gasteiger partial charge on any atom is -0.492 e. The molecule has 3 nitrogen and oxygen atoms in total. The molecule has 0 amide bonds. The number of hydrogen-bond donors (Lipinski definition) is 1. The molecule has 2 unspecified atom stereocenters. The van der Waals surface area contributed by atoms with E-state index in [-0.39, 0.29) is 0 Å². The maximum Gasteiger partial charge on any atom is 0.119 e. The molecule has 1 heterocycles. The van der Waals surface area contributed by atoms with E-state index in [1.165, 1.54) is 18.5 Å². The lowest BCUT2D eigenvalue weighted by molar-refractivity contribution is 0.202. The average Bonchev–Trinajstić information content (AvgIpc) is 2.69. The largest absolute Gasteiger partial charge is 0.492 e. The van der Waals surface area contributed by atoms with Crippen molar-refractivity contribution in [3.05, 3.63) is 29.8 Å². The molecule has 106 valence electrons. The van der Waals surface area contributed by atoms with Crippen LogP contribution in [0.25, 0.3) is 0 Å². The number of rotatable bonds is 6. The van der Waals surface area contributed by atoms with Crippen LogP contribution in [0.3, 0.4) is 0 Å². The highest BCUT2D eigenvalue weighted by atomic mass is 16.5. The number of nitrogens with zero attached hydrogens (tertiary/aromatic N) is 1. The molecule has 2 rings (SSSR count). The summed E-state index contributed by atoms with van der Waals surface area (Å²) in [6, 6.07) is 9.03. The van der Waals surface area contributed by atoms with Crippen molar-refractivity contribution in [1.82, 2.24) is 10.2 Å². The van der Waals surface area contributed by atoms with Gasteiger partial charge in [0.25, 0.3) is 0 Å². The normalized spacial score (nSPS) is 23.7. The molecular formula is C16H26N2O. The summed E-state index contributed by atoms with van der Waals surface area (Å²) in [5.74, 6) is 1.81. The Hall–Kier alpha value is -1.06. The quantitative estimate of drug-likeness (QED) is 0.852. The summed E-state index contributed by atoms with van der Waals surface area (Å²) in [6.07, 6.45) is 1.32. The molecule has 19 heavy (non-hydrogen) atoms. The molecule has 1 aromatic rings. The summed E-state index contributed by atoms with van der Waals surface area (Å²) in [5, 5.41) is 3.16. The summed E-state index contributed by atoms with van der Waals surface area (Å²) in [5.41, 5.74) is 1.27. The lowest BCUT2D eigenvalue weighted by atomic mass is 10.1. The smallest absolute Gasteiger partial charge is 0.119 e. The van der Waals surface area contributed by atoms with Gasteiger partial charge in [0.2, 0.25) is 0 Å². The molecule has 1 aromatic carbocycles. The fraction of sp³-hybridized carbons (Fsp3) is 0.625. The van der Waals surface area contributed by atoms with Crippen molar-refractivity contribution in [3.63, 3.8) is 0 Å². The van der Waals surface area contributed by atoms with Crippen molar-refractivity contribution in [1.29, 1.82) is 0 Å². The van der Waals surface area contributed by atoms with Crippen LogP contribution in [0.2, 0.25) is 0 Å². The Balaban J connectivity index is 1.77. The Morgan fingerprint density at radius 3 is 2.89 bits per heavy atom.